The van der Waals surface area contributed by atoms with Gasteiger partial charge in [-0.25, -0.2) is 9.37 Å². The van der Waals surface area contributed by atoms with E-state index >= 15 is 0 Å². The van der Waals surface area contributed by atoms with Gasteiger partial charge in [0.05, 0.1) is 6.20 Å². The smallest absolute Gasteiger partial charge is 0.224 e. The Hall–Kier alpha value is -1.43. The maximum Gasteiger partial charge on any atom is 0.224 e. The molecule has 0 bridgehead atoms. The molecule has 0 spiro atoms. The molecule has 0 saturated carbocycles. The SMILES string of the molecule is CNc1ncc(F)c(N2CCC(CO)CC2)n1. The highest BCUT2D eigenvalue weighted by atomic mass is 19.1. The second kappa shape index (κ2) is 5.27. The predicted octanol–water partition coefficient (Wildman–Crippen LogP) is 0.866. The number of aliphatic hydroxyl groups is 1. The number of halogens is 1. The molecule has 2 heterocycles. The molecule has 0 amide bonds. The number of nitrogens with one attached hydrogen (secondary N) is 1. The summed E-state index contributed by atoms with van der Waals surface area (Å²) >= 11 is 0. The number of rotatable bonds is 3. The Balaban J connectivity index is 2.12. The number of hydrogen-bond donors (Lipinski definition) is 2. The van der Waals surface area contributed by atoms with Crippen LogP contribution in [0.3, 0.4) is 0 Å². The van der Waals surface area contributed by atoms with E-state index in [1.54, 1.807) is 7.05 Å². The third kappa shape index (κ3) is 2.63. The summed E-state index contributed by atoms with van der Waals surface area (Å²) in [5, 5.41) is 11.9. The Morgan fingerprint density at radius 1 is 1.53 bits per heavy atom. The van der Waals surface area contributed by atoms with Crippen LogP contribution in [0.5, 0.6) is 0 Å². The van der Waals surface area contributed by atoms with Crippen LogP contribution < -0.4 is 10.2 Å². The summed E-state index contributed by atoms with van der Waals surface area (Å²) in [5.41, 5.74) is 0. The van der Waals surface area contributed by atoms with Crippen molar-refractivity contribution in [3.05, 3.63) is 12.0 Å². The summed E-state index contributed by atoms with van der Waals surface area (Å²) in [6, 6.07) is 0. The van der Waals surface area contributed by atoms with Gasteiger partial charge in [0.15, 0.2) is 11.6 Å². The molecule has 1 fully saturated rings. The minimum absolute atomic E-state index is 0.210. The fourth-order valence-electron chi connectivity index (χ4n) is 2.03. The molecule has 94 valence electrons. The van der Waals surface area contributed by atoms with Gasteiger partial charge in [0.1, 0.15) is 0 Å². The number of aliphatic hydroxyl groups excluding tert-OH is 1. The normalized spacial score (nSPS) is 17.2. The lowest BCUT2D eigenvalue weighted by Gasteiger charge is -2.32. The second-order valence-electron chi connectivity index (χ2n) is 4.23. The van der Waals surface area contributed by atoms with Gasteiger partial charge in [-0.15, -0.1) is 0 Å². The molecule has 1 aliphatic heterocycles. The zero-order valence-corrected chi connectivity index (χ0v) is 9.86. The third-order valence-electron chi connectivity index (χ3n) is 3.12. The predicted molar refractivity (Wildman–Crippen MR) is 63.6 cm³/mol. The first-order chi connectivity index (χ1) is 8.24. The molecule has 2 N–H and O–H groups in total. The molecular weight excluding hydrogens is 223 g/mol. The molecule has 0 aromatic carbocycles. The van der Waals surface area contributed by atoms with Crippen molar-refractivity contribution in [1.29, 1.82) is 0 Å². The van der Waals surface area contributed by atoms with Crippen LogP contribution in [0.1, 0.15) is 12.8 Å². The van der Waals surface area contributed by atoms with Crippen LogP contribution in [0.4, 0.5) is 16.2 Å². The van der Waals surface area contributed by atoms with E-state index in [0.717, 1.165) is 25.9 Å². The van der Waals surface area contributed by atoms with Crippen LogP contribution in [0.25, 0.3) is 0 Å². The van der Waals surface area contributed by atoms with Crippen molar-refractivity contribution in [3.8, 4) is 0 Å². The molecule has 2 rings (SSSR count). The summed E-state index contributed by atoms with van der Waals surface area (Å²) in [4.78, 5) is 9.86. The van der Waals surface area contributed by atoms with Crippen LogP contribution in [0.15, 0.2) is 6.20 Å². The maximum atomic E-state index is 13.6. The summed E-state index contributed by atoms with van der Waals surface area (Å²) in [6.45, 7) is 1.66. The lowest BCUT2D eigenvalue weighted by atomic mass is 9.98. The Morgan fingerprint density at radius 3 is 2.82 bits per heavy atom. The summed E-state index contributed by atoms with van der Waals surface area (Å²) < 4.78 is 13.6. The van der Waals surface area contributed by atoms with Crippen LogP contribution >= 0.6 is 0 Å². The second-order valence-corrected chi connectivity index (χ2v) is 4.23. The fourth-order valence-corrected chi connectivity index (χ4v) is 2.03. The minimum Gasteiger partial charge on any atom is -0.396 e. The number of anilines is 2. The van der Waals surface area contributed by atoms with E-state index in [4.69, 9.17) is 5.11 Å². The largest absolute Gasteiger partial charge is 0.396 e. The summed E-state index contributed by atoms with van der Waals surface area (Å²) in [7, 11) is 1.70. The molecule has 0 unspecified atom stereocenters. The monoisotopic (exact) mass is 240 g/mol. The van der Waals surface area contributed by atoms with Crippen molar-refractivity contribution in [2.75, 3.05) is 37.0 Å². The minimum atomic E-state index is -0.397. The van der Waals surface area contributed by atoms with Gasteiger partial charge in [-0.3, -0.25) is 0 Å². The molecule has 1 aromatic rings. The molecule has 1 saturated heterocycles. The molecule has 0 atom stereocenters. The zero-order chi connectivity index (χ0) is 12.3. The van der Waals surface area contributed by atoms with Gasteiger partial charge in [-0.05, 0) is 18.8 Å². The van der Waals surface area contributed by atoms with E-state index in [9.17, 15) is 4.39 Å². The highest BCUT2D eigenvalue weighted by molar-refractivity contribution is 5.44. The van der Waals surface area contributed by atoms with E-state index in [0.29, 0.717) is 17.7 Å². The lowest BCUT2D eigenvalue weighted by molar-refractivity contribution is 0.202. The number of piperidine rings is 1. The van der Waals surface area contributed by atoms with Gasteiger partial charge < -0.3 is 15.3 Å². The summed E-state index contributed by atoms with van der Waals surface area (Å²) in [5.74, 6) is 0.706. The van der Waals surface area contributed by atoms with Crippen molar-refractivity contribution < 1.29 is 9.50 Å². The first-order valence-corrected chi connectivity index (χ1v) is 5.80. The Labute approximate surface area is 99.7 Å². The van der Waals surface area contributed by atoms with E-state index in [1.807, 2.05) is 4.90 Å². The standard InChI is InChI=1S/C11H17FN4O/c1-13-11-14-6-9(12)10(15-11)16-4-2-8(7-17)3-5-16/h6,8,17H,2-5,7H2,1H3,(H,13,14,15). The molecule has 17 heavy (non-hydrogen) atoms. The van der Waals surface area contributed by atoms with Gasteiger partial charge >= 0.3 is 0 Å². The molecule has 1 aliphatic rings. The van der Waals surface area contributed by atoms with E-state index in [1.165, 1.54) is 6.20 Å². The van der Waals surface area contributed by atoms with Crippen LogP contribution in [0, 0.1) is 11.7 Å². The topological polar surface area (TPSA) is 61.3 Å². The van der Waals surface area contributed by atoms with Crippen molar-refractivity contribution in [2.45, 2.75) is 12.8 Å². The first-order valence-electron chi connectivity index (χ1n) is 5.80. The van der Waals surface area contributed by atoms with E-state index in [2.05, 4.69) is 15.3 Å². The number of aromatic nitrogens is 2. The van der Waals surface area contributed by atoms with Gasteiger partial charge in [0.25, 0.3) is 0 Å². The number of nitrogens with zero attached hydrogens (tertiary/aromatic N) is 3. The average Bonchev–Trinajstić information content (AvgIpc) is 2.39. The quantitative estimate of drug-likeness (QED) is 0.820. The highest BCUT2D eigenvalue weighted by Crippen LogP contribution is 2.24. The molecule has 1 aromatic heterocycles. The molecule has 0 aliphatic carbocycles. The fraction of sp³-hybridized carbons (Fsp3) is 0.636. The summed E-state index contributed by atoms with van der Waals surface area (Å²) in [6.07, 6.45) is 2.93. The van der Waals surface area contributed by atoms with Crippen LogP contribution in [-0.2, 0) is 0 Å². The number of hydrogen-bond acceptors (Lipinski definition) is 5. The first kappa shape index (κ1) is 12.0. The van der Waals surface area contributed by atoms with Gasteiger partial charge in [0, 0.05) is 26.7 Å². The van der Waals surface area contributed by atoms with Crippen molar-refractivity contribution in [1.82, 2.24) is 9.97 Å². The van der Waals surface area contributed by atoms with Crippen molar-refractivity contribution in [3.63, 3.8) is 0 Å². The average molecular weight is 240 g/mol. The maximum absolute atomic E-state index is 13.6. The van der Waals surface area contributed by atoms with E-state index in [-0.39, 0.29) is 6.61 Å². The Kier molecular flexibility index (Phi) is 3.73. The molecule has 6 heteroatoms. The highest BCUT2D eigenvalue weighted by Gasteiger charge is 2.22. The zero-order valence-electron chi connectivity index (χ0n) is 9.86. The van der Waals surface area contributed by atoms with Crippen LogP contribution in [-0.4, -0.2) is 41.8 Å². The van der Waals surface area contributed by atoms with Crippen LogP contribution in [0.2, 0.25) is 0 Å². The molecular formula is C11H17FN4O. The Bertz CT molecular complexity index is 380. The van der Waals surface area contributed by atoms with Gasteiger partial charge in [-0.1, -0.05) is 0 Å². The van der Waals surface area contributed by atoms with E-state index < -0.39 is 5.82 Å². The van der Waals surface area contributed by atoms with Crippen molar-refractivity contribution in [2.24, 2.45) is 5.92 Å². The Morgan fingerprint density at radius 2 is 2.24 bits per heavy atom. The third-order valence-corrected chi connectivity index (χ3v) is 3.12. The van der Waals surface area contributed by atoms with Gasteiger partial charge in [0.2, 0.25) is 5.95 Å². The lowest BCUT2D eigenvalue weighted by Crippen LogP contribution is -2.36. The molecule has 5 nitrogen and oxygen atoms in total. The van der Waals surface area contributed by atoms with Crippen molar-refractivity contribution >= 4 is 11.8 Å². The van der Waals surface area contributed by atoms with Gasteiger partial charge in [-0.2, -0.15) is 4.98 Å². The molecule has 0 radical (unpaired) electrons.